The Morgan fingerprint density at radius 1 is 1.12 bits per heavy atom. The van der Waals surface area contributed by atoms with E-state index in [0.29, 0.717) is 28.5 Å². The van der Waals surface area contributed by atoms with Crippen molar-refractivity contribution in [1.82, 2.24) is 30.5 Å². The van der Waals surface area contributed by atoms with Gasteiger partial charge in [-0.1, -0.05) is 6.07 Å². The molecule has 1 aliphatic carbocycles. The van der Waals surface area contributed by atoms with Crippen LogP contribution in [0.4, 0.5) is 11.4 Å². The molecule has 1 aliphatic rings. The zero-order valence-corrected chi connectivity index (χ0v) is 17.9. The Hall–Kier alpha value is -3.99. The number of aryl methyl sites for hydroxylation is 1. The number of nitrogens with zero attached hydrogens (tertiary/aromatic N) is 4. The van der Waals surface area contributed by atoms with E-state index in [9.17, 15) is 9.59 Å². The lowest BCUT2D eigenvalue weighted by Crippen LogP contribution is -2.27. The van der Waals surface area contributed by atoms with Crippen LogP contribution >= 0.6 is 0 Å². The van der Waals surface area contributed by atoms with Crippen LogP contribution in [0.1, 0.15) is 33.7 Å². The Kier molecular flexibility index (Phi) is 5.99. The highest BCUT2D eigenvalue weighted by Crippen LogP contribution is 2.37. The highest BCUT2D eigenvalue weighted by molar-refractivity contribution is 6.02. The number of hydrogen-bond donors (Lipinski definition) is 3. The molecule has 2 aromatic heterocycles. The number of rotatable bonds is 8. The van der Waals surface area contributed by atoms with Gasteiger partial charge in [-0.15, -0.1) is 0 Å². The maximum absolute atomic E-state index is 12.5. The zero-order valence-electron chi connectivity index (χ0n) is 17.9. The van der Waals surface area contributed by atoms with Crippen LogP contribution in [0.5, 0.6) is 5.75 Å². The number of methoxy groups -OCH3 is 1. The Labute approximate surface area is 184 Å². The predicted molar refractivity (Wildman–Crippen MR) is 115 cm³/mol. The van der Waals surface area contributed by atoms with Crippen LogP contribution in [0.25, 0.3) is 11.4 Å². The molecule has 0 radical (unpaired) electrons. The fourth-order valence-corrected chi connectivity index (χ4v) is 3.14. The third kappa shape index (κ3) is 4.52. The molecule has 1 saturated carbocycles. The normalized spacial score (nSPS) is 12.8. The summed E-state index contributed by atoms with van der Waals surface area (Å²) in [5.41, 5.74) is 4.24. The molecule has 11 nitrogen and oxygen atoms in total. The minimum absolute atomic E-state index is 0.180. The van der Waals surface area contributed by atoms with Crippen molar-refractivity contribution < 1.29 is 19.2 Å². The van der Waals surface area contributed by atoms with Crippen molar-refractivity contribution in [3.8, 4) is 17.1 Å². The van der Waals surface area contributed by atoms with Crippen LogP contribution in [0.15, 0.2) is 36.8 Å². The smallest absolute Gasteiger partial charge is 0.278 e. The average Bonchev–Trinajstić information content (AvgIpc) is 3.50. The molecule has 0 bridgehead atoms. The molecule has 4 rings (SSSR count). The maximum Gasteiger partial charge on any atom is 0.278 e. The number of hydroxylamine groups is 1. The van der Waals surface area contributed by atoms with Crippen molar-refractivity contribution in [3.63, 3.8) is 0 Å². The summed E-state index contributed by atoms with van der Waals surface area (Å²) in [7, 11) is 4.64. The summed E-state index contributed by atoms with van der Waals surface area (Å²) in [6.45, 7) is 0. The topological polar surface area (TPSA) is 132 Å². The van der Waals surface area contributed by atoms with Gasteiger partial charge in [0, 0.05) is 19.3 Å². The molecule has 2 heterocycles. The van der Waals surface area contributed by atoms with Gasteiger partial charge in [-0.3, -0.25) is 24.1 Å². The van der Waals surface area contributed by atoms with Gasteiger partial charge in [0.25, 0.3) is 11.8 Å². The second-order valence-electron chi connectivity index (χ2n) is 7.25. The molecular weight excluding hydrogens is 414 g/mol. The number of carbonyl (C=O) groups is 2. The highest BCUT2D eigenvalue weighted by atomic mass is 16.6. The Balaban J connectivity index is 1.73. The quantitative estimate of drug-likeness (QED) is 0.455. The first-order valence-electron chi connectivity index (χ1n) is 9.94. The fourth-order valence-electron chi connectivity index (χ4n) is 3.14. The fraction of sp³-hybridized carbons (Fsp3) is 0.286. The number of para-hydroxylation sites is 1. The molecule has 166 valence electrons. The summed E-state index contributed by atoms with van der Waals surface area (Å²) < 4.78 is 7.22. The highest BCUT2D eigenvalue weighted by Gasteiger charge is 2.25. The minimum atomic E-state index is -0.516. The van der Waals surface area contributed by atoms with E-state index >= 15 is 0 Å². The second kappa shape index (κ2) is 9.02. The van der Waals surface area contributed by atoms with Crippen LogP contribution in [-0.4, -0.2) is 51.8 Å². The number of carbonyl (C=O) groups excluding carboxylic acids is 2. The van der Waals surface area contributed by atoms with Crippen LogP contribution < -0.4 is 20.9 Å². The monoisotopic (exact) mass is 437 g/mol. The molecule has 0 spiro atoms. The van der Waals surface area contributed by atoms with Crippen molar-refractivity contribution in [3.05, 3.63) is 48.0 Å². The molecule has 1 fully saturated rings. The number of benzene rings is 1. The number of aromatic nitrogens is 4. The summed E-state index contributed by atoms with van der Waals surface area (Å²) in [6, 6.07) is 7.13. The lowest BCUT2D eigenvalue weighted by molar-refractivity contribution is 0.0538. The molecule has 0 atom stereocenters. The van der Waals surface area contributed by atoms with Gasteiger partial charge >= 0.3 is 0 Å². The lowest BCUT2D eigenvalue weighted by Gasteiger charge is -2.16. The van der Waals surface area contributed by atoms with Crippen LogP contribution in [0, 0.1) is 0 Å². The number of hydrogen-bond acceptors (Lipinski definition) is 8. The maximum atomic E-state index is 12.5. The molecule has 0 unspecified atom stereocenters. The van der Waals surface area contributed by atoms with Crippen molar-refractivity contribution in [1.29, 1.82) is 0 Å². The molecule has 32 heavy (non-hydrogen) atoms. The van der Waals surface area contributed by atoms with Gasteiger partial charge < -0.3 is 15.4 Å². The summed E-state index contributed by atoms with van der Waals surface area (Å²) in [5, 5.41) is 10.4. The lowest BCUT2D eigenvalue weighted by atomic mass is 10.1. The molecule has 0 saturated heterocycles. The van der Waals surface area contributed by atoms with Gasteiger partial charge in [0.1, 0.15) is 12.0 Å². The standard InChI is InChI=1S/C21H23N7O4/c1-28-11-23-19(26-28)13-5-4-6-15(18(13)31-2)25-16-9-17(21(30)24-12-7-8-12)22-10-14(16)20(29)27-32-3/h4-6,9-12H,7-8H2,1-3H3,(H,22,25)(H,24,30)(H,27,29). The predicted octanol–water partition coefficient (Wildman–Crippen LogP) is 1.81. The number of amides is 2. The van der Waals surface area contributed by atoms with Crippen molar-refractivity contribution in [2.24, 2.45) is 7.05 Å². The first-order chi connectivity index (χ1) is 15.5. The summed E-state index contributed by atoms with van der Waals surface area (Å²) in [4.78, 5) is 38.2. The van der Waals surface area contributed by atoms with Gasteiger partial charge in [0.05, 0.1) is 36.7 Å². The van der Waals surface area contributed by atoms with Gasteiger partial charge in [0.2, 0.25) is 0 Å². The minimum Gasteiger partial charge on any atom is -0.494 e. The Morgan fingerprint density at radius 3 is 2.59 bits per heavy atom. The van der Waals surface area contributed by atoms with E-state index in [4.69, 9.17) is 9.57 Å². The van der Waals surface area contributed by atoms with E-state index in [1.54, 1.807) is 24.1 Å². The molecule has 3 N–H and O–H groups in total. The Bertz CT molecular complexity index is 1160. The van der Waals surface area contributed by atoms with Crippen LogP contribution in [0.2, 0.25) is 0 Å². The van der Waals surface area contributed by atoms with Crippen LogP contribution in [-0.2, 0) is 11.9 Å². The van der Waals surface area contributed by atoms with Gasteiger partial charge in [0.15, 0.2) is 11.6 Å². The third-order valence-electron chi connectivity index (χ3n) is 4.82. The molecule has 0 aliphatic heterocycles. The molecule has 11 heteroatoms. The number of ether oxygens (including phenoxy) is 1. The molecule has 1 aromatic carbocycles. The first-order valence-corrected chi connectivity index (χ1v) is 9.94. The summed E-state index contributed by atoms with van der Waals surface area (Å²) in [6.07, 6.45) is 4.83. The summed E-state index contributed by atoms with van der Waals surface area (Å²) >= 11 is 0. The van der Waals surface area contributed by atoms with Gasteiger partial charge in [-0.05, 0) is 31.0 Å². The van der Waals surface area contributed by atoms with Crippen molar-refractivity contribution >= 4 is 23.2 Å². The van der Waals surface area contributed by atoms with E-state index < -0.39 is 5.91 Å². The van der Waals surface area contributed by atoms with E-state index in [1.165, 1.54) is 26.5 Å². The average molecular weight is 437 g/mol. The Morgan fingerprint density at radius 2 is 1.94 bits per heavy atom. The molecule has 3 aromatic rings. The third-order valence-corrected chi connectivity index (χ3v) is 4.82. The van der Waals surface area contributed by atoms with Crippen LogP contribution in [0.3, 0.4) is 0 Å². The van der Waals surface area contributed by atoms with E-state index in [-0.39, 0.29) is 23.2 Å². The van der Waals surface area contributed by atoms with Crippen molar-refractivity contribution in [2.75, 3.05) is 19.5 Å². The largest absolute Gasteiger partial charge is 0.494 e. The second-order valence-corrected chi connectivity index (χ2v) is 7.25. The van der Waals surface area contributed by atoms with Gasteiger partial charge in [-0.25, -0.2) is 10.5 Å². The summed E-state index contributed by atoms with van der Waals surface area (Å²) in [5.74, 6) is 0.160. The number of pyridine rings is 1. The van der Waals surface area contributed by atoms with Crippen molar-refractivity contribution in [2.45, 2.75) is 18.9 Å². The van der Waals surface area contributed by atoms with E-state index in [1.807, 2.05) is 12.1 Å². The van der Waals surface area contributed by atoms with E-state index in [0.717, 1.165) is 12.8 Å². The zero-order chi connectivity index (χ0) is 22.7. The number of anilines is 2. The number of nitrogens with one attached hydrogen (secondary N) is 3. The first kappa shape index (κ1) is 21.2. The molecular formula is C21H23N7O4. The van der Waals surface area contributed by atoms with Gasteiger partial charge in [-0.2, -0.15) is 5.10 Å². The SMILES string of the molecule is CONC(=O)c1cnc(C(=O)NC2CC2)cc1Nc1cccc(-c2ncn(C)n2)c1OC. The molecule has 2 amide bonds. The van der Waals surface area contributed by atoms with E-state index in [2.05, 4.69) is 31.2 Å².